The fourth-order valence-corrected chi connectivity index (χ4v) is 1.05. The van der Waals surface area contributed by atoms with Gasteiger partial charge in [0.15, 0.2) is 0 Å². The maximum absolute atomic E-state index is 5.40. The van der Waals surface area contributed by atoms with E-state index in [0.717, 1.165) is 25.0 Å². The number of aryl methyl sites for hydroxylation is 1. The minimum Gasteiger partial charge on any atom is -0.477 e. The Balaban J connectivity index is 2.42. The first-order valence-corrected chi connectivity index (χ1v) is 5.02. The molecule has 4 nitrogen and oxygen atoms in total. The summed E-state index contributed by atoms with van der Waals surface area (Å²) < 4.78 is 5.32. The number of ether oxygens (including phenoxy) is 1. The predicted molar refractivity (Wildman–Crippen MR) is 55.2 cm³/mol. The summed E-state index contributed by atoms with van der Waals surface area (Å²) in [4.78, 5) is 0. The van der Waals surface area contributed by atoms with Crippen molar-refractivity contribution in [1.82, 2.24) is 10.2 Å². The number of nitrogens with two attached hydrogens (primary N) is 1. The number of aromatic nitrogens is 2. The summed E-state index contributed by atoms with van der Waals surface area (Å²) in [5.74, 6) is 0.600. The fourth-order valence-electron chi connectivity index (χ4n) is 1.05. The molecular weight excluding hydrogens is 178 g/mol. The molecule has 0 aliphatic heterocycles. The number of hydrogen-bond acceptors (Lipinski definition) is 4. The standard InChI is InChI=1S/C10H17N3O/c1-2-8-14-10-6-5-9(12-13-10)4-3-7-11/h5-6H,2-4,7-8,11H2,1H3. The van der Waals surface area contributed by atoms with E-state index in [1.54, 1.807) is 0 Å². The first-order valence-electron chi connectivity index (χ1n) is 5.02. The molecular formula is C10H17N3O. The summed E-state index contributed by atoms with van der Waals surface area (Å²) in [6.07, 6.45) is 2.82. The van der Waals surface area contributed by atoms with Crippen molar-refractivity contribution in [2.24, 2.45) is 5.73 Å². The van der Waals surface area contributed by atoms with Crippen LogP contribution < -0.4 is 10.5 Å². The van der Waals surface area contributed by atoms with Crippen LogP contribution in [-0.2, 0) is 6.42 Å². The zero-order chi connectivity index (χ0) is 10.2. The first kappa shape index (κ1) is 10.9. The van der Waals surface area contributed by atoms with Gasteiger partial charge in [-0.1, -0.05) is 6.92 Å². The monoisotopic (exact) mass is 195 g/mol. The smallest absolute Gasteiger partial charge is 0.233 e. The summed E-state index contributed by atoms with van der Waals surface area (Å²) in [6.45, 7) is 3.44. The molecule has 0 radical (unpaired) electrons. The highest BCUT2D eigenvalue weighted by Gasteiger charge is 1.97. The van der Waals surface area contributed by atoms with Crippen LogP contribution in [0.2, 0.25) is 0 Å². The Morgan fingerprint density at radius 3 is 2.79 bits per heavy atom. The van der Waals surface area contributed by atoms with Gasteiger partial charge in [0.2, 0.25) is 5.88 Å². The van der Waals surface area contributed by atoms with Crippen molar-refractivity contribution in [1.29, 1.82) is 0 Å². The molecule has 1 aromatic heterocycles. The molecule has 0 saturated heterocycles. The molecule has 0 aliphatic rings. The Kier molecular flexibility index (Phi) is 4.93. The highest BCUT2D eigenvalue weighted by atomic mass is 16.5. The van der Waals surface area contributed by atoms with Crippen LogP contribution >= 0.6 is 0 Å². The molecule has 1 aromatic rings. The number of nitrogens with zero attached hydrogens (tertiary/aromatic N) is 2. The summed E-state index contributed by atoms with van der Waals surface area (Å²) >= 11 is 0. The van der Waals surface area contributed by atoms with Crippen LogP contribution in [-0.4, -0.2) is 23.3 Å². The van der Waals surface area contributed by atoms with Crippen molar-refractivity contribution in [3.05, 3.63) is 17.8 Å². The predicted octanol–water partition coefficient (Wildman–Crippen LogP) is 1.16. The largest absolute Gasteiger partial charge is 0.477 e. The van der Waals surface area contributed by atoms with Crippen molar-refractivity contribution in [2.75, 3.05) is 13.2 Å². The number of hydrogen-bond donors (Lipinski definition) is 1. The molecule has 1 heterocycles. The van der Waals surface area contributed by atoms with Crippen LogP contribution in [0.25, 0.3) is 0 Å². The highest BCUT2D eigenvalue weighted by molar-refractivity contribution is 5.11. The van der Waals surface area contributed by atoms with E-state index >= 15 is 0 Å². The van der Waals surface area contributed by atoms with Gasteiger partial charge in [-0.15, -0.1) is 5.10 Å². The van der Waals surface area contributed by atoms with E-state index in [-0.39, 0.29) is 0 Å². The normalized spacial score (nSPS) is 10.1. The van der Waals surface area contributed by atoms with Gasteiger partial charge < -0.3 is 10.5 Å². The lowest BCUT2D eigenvalue weighted by Crippen LogP contribution is -2.03. The minimum absolute atomic E-state index is 0.600. The third kappa shape index (κ3) is 3.70. The van der Waals surface area contributed by atoms with Crippen LogP contribution in [0.15, 0.2) is 12.1 Å². The van der Waals surface area contributed by atoms with E-state index in [9.17, 15) is 0 Å². The lowest BCUT2D eigenvalue weighted by molar-refractivity contribution is 0.301. The average Bonchev–Trinajstić information content (AvgIpc) is 2.25. The molecule has 0 aliphatic carbocycles. The zero-order valence-corrected chi connectivity index (χ0v) is 8.57. The van der Waals surface area contributed by atoms with E-state index in [1.165, 1.54) is 0 Å². The summed E-state index contributed by atoms with van der Waals surface area (Å²) in [5.41, 5.74) is 6.37. The van der Waals surface area contributed by atoms with Crippen LogP contribution in [0.3, 0.4) is 0 Å². The van der Waals surface area contributed by atoms with E-state index in [2.05, 4.69) is 17.1 Å². The quantitative estimate of drug-likeness (QED) is 0.739. The Bertz CT molecular complexity index is 221. The summed E-state index contributed by atoms with van der Waals surface area (Å²) in [7, 11) is 0. The van der Waals surface area contributed by atoms with Gasteiger partial charge in [0, 0.05) is 6.07 Å². The van der Waals surface area contributed by atoms with Crippen molar-refractivity contribution in [3.63, 3.8) is 0 Å². The SMILES string of the molecule is CCCOc1ccc(CCCN)nn1. The van der Waals surface area contributed by atoms with E-state index in [0.29, 0.717) is 19.0 Å². The van der Waals surface area contributed by atoms with Crippen LogP contribution in [0.1, 0.15) is 25.5 Å². The third-order valence-corrected chi connectivity index (χ3v) is 1.79. The molecule has 0 aromatic carbocycles. The Hall–Kier alpha value is -1.16. The van der Waals surface area contributed by atoms with Gasteiger partial charge in [0.25, 0.3) is 0 Å². The summed E-state index contributed by atoms with van der Waals surface area (Å²) in [6, 6.07) is 3.79. The Morgan fingerprint density at radius 2 is 2.21 bits per heavy atom. The molecule has 0 bridgehead atoms. The molecule has 4 heteroatoms. The van der Waals surface area contributed by atoms with Crippen molar-refractivity contribution >= 4 is 0 Å². The average molecular weight is 195 g/mol. The number of rotatable bonds is 6. The maximum atomic E-state index is 5.40. The molecule has 0 fully saturated rings. The zero-order valence-electron chi connectivity index (χ0n) is 8.57. The van der Waals surface area contributed by atoms with E-state index < -0.39 is 0 Å². The van der Waals surface area contributed by atoms with Gasteiger partial charge in [-0.3, -0.25) is 0 Å². The van der Waals surface area contributed by atoms with Crippen LogP contribution in [0.4, 0.5) is 0 Å². The molecule has 0 saturated carbocycles. The molecule has 78 valence electrons. The van der Waals surface area contributed by atoms with Crippen LogP contribution in [0.5, 0.6) is 5.88 Å². The highest BCUT2D eigenvalue weighted by Crippen LogP contribution is 2.06. The van der Waals surface area contributed by atoms with Crippen molar-refractivity contribution in [3.8, 4) is 5.88 Å². The van der Waals surface area contributed by atoms with E-state index in [1.807, 2.05) is 12.1 Å². The minimum atomic E-state index is 0.600. The first-order chi connectivity index (χ1) is 6.86. The molecule has 1 rings (SSSR count). The van der Waals surface area contributed by atoms with Crippen molar-refractivity contribution in [2.45, 2.75) is 26.2 Å². The molecule has 0 spiro atoms. The molecule has 0 amide bonds. The topological polar surface area (TPSA) is 61.0 Å². The van der Waals surface area contributed by atoms with Crippen LogP contribution in [0, 0.1) is 0 Å². The van der Waals surface area contributed by atoms with Gasteiger partial charge in [-0.25, -0.2) is 0 Å². The van der Waals surface area contributed by atoms with Gasteiger partial charge in [0.05, 0.1) is 12.3 Å². The Morgan fingerprint density at radius 1 is 1.36 bits per heavy atom. The molecule has 2 N–H and O–H groups in total. The van der Waals surface area contributed by atoms with Gasteiger partial charge in [0.1, 0.15) is 0 Å². The lowest BCUT2D eigenvalue weighted by Gasteiger charge is -2.02. The Labute approximate surface area is 84.5 Å². The fraction of sp³-hybridized carbons (Fsp3) is 0.600. The second-order valence-corrected chi connectivity index (χ2v) is 3.10. The molecule has 0 unspecified atom stereocenters. The lowest BCUT2D eigenvalue weighted by atomic mass is 10.2. The third-order valence-electron chi connectivity index (χ3n) is 1.79. The van der Waals surface area contributed by atoms with Crippen molar-refractivity contribution < 1.29 is 4.74 Å². The van der Waals surface area contributed by atoms with Gasteiger partial charge in [-0.05, 0) is 31.9 Å². The van der Waals surface area contributed by atoms with Gasteiger partial charge >= 0.3 is 0 Å². The summed E-state index contributed by atoms with van der Waals surface area (Å²) in [5, 5.41) is 7.99. The second kappa shape index (κ2) is 6.32. The molecule has 0 atom stereocenters. The van der Waals surface area contributed by atoms with Gasteiger partial charge in [-0.2, -0.15) is 5.10 Å². The maximum Gasteiger partial charge on any atom is 0.233 e. The molecule has 14 heavy (non-hydrogen) atoms. The second-order valence-electron chi connectivity index (χ2n) is 3.10. The van der Waals surface area contributed by atoms with E-state index in [4.69, 9.17) is 10.5 Å².